The highest BCUT2D eigenvalue weighted by atomic mass is 16.5. The lowest BCUT2D eigenvalue weighted by molar-refractivity contribution is -0.119. The molecule has 0 rings (SSSR count). The van der Waals surface area contributed by atoms with E-state index in [1.165, 1.54) is 83.3 Å². The van der Waals surface area contributed by atoms with E-state index in [2.05, 4.69) is 13.5 Å². The van der Waals surface area contributed by atoms with Crippen LogP contribution in [0.5, 0.6) is 0 Å². The van der Waals surface area contributed by atoms with Crippen molar-refractivity contribution in [1.29, 1.82) is 0 Å². The first-order valence-corrected chi connectivity index (χ1v) is 9.55. The lowest BCUT2D eigenvalue weighted by atomic mass is 10.0. The maximum atomic E-state index is 11.5. The third-order valence-corrected chi connectivity index (χ3v) is 4.18. The molecular weight excluding hydrogens is 272 g/mol. The van der Waals surface area contributed by atoms with Crippen LogP contribution in [0.3, 0.4) is 0 Å². The average molecular weight is 311 g/mol. The molecule has 0 radical (unpaired) electrons. The molecule has 0 aliphatic heterocycles. The van der Waals surface area contributed by atoms with Crippen LogP contribution in [-0.2, 0) is 9.53 Å². The molecule has 0 aromatic heterocycles. The SMILES string of the molecule is C=COCCC(=O)CCCCCCCCCCCCCCC. The van der Waals surface area contributed by atoms with E-state index in [0.29, 0.717) is 18.8 Å². The summed E-state index contributed by atoms with van der Waals surface area (Å²) in [5.74, 6) is 0.324. The van der Waals surface area contributed by atoms with Crippen molar-refractivity contribution in [2.45, 2.75) is 103 Å². The number of ketones is 1. The van der Waals surface area contributed by atoms with Crippen LogP contribution in [0.25, 0.3) is 0 Å². The zero-order valence-corrected chi connectivity index (χ0v) is 14.9. The molecule has 0 aromatic rings. The van der Waals surface area contributed by atoms with E-state index >= 15 is 0 Å². The molecule has 22 heavy (non-hydrogen) atoms. The molecule has 0 fully saturated rings. The standard InChI is InChI=1S/C20H38O2/c1-3-5-6-7-8-9-10-11-12-13-14-15-16-17-20(21)18-19-22-4-2/h4H,2-3,5-19H2,1H3. The Morgan fingerprint density at radius 3 is 1.68 bits per heavy atom. The van der Waals surface area contributed by atoms with Gasteiger partial charge in [-0.2, -0.15) is 0 Å². The summed E-state index contributed by atoms with van der Waals surface area (Å²) in [6, 6.07) is 0. The Kier molecular flexibility index (Phi) is 17.6. The normalized spacial score (nSPS) is 10.6. The van der Waals surface area contributed by atoms with Gasteiger partial charge in [-0.3, -0.25) is 4.79 Å². The second-order valence-corrected chi connectivity index (χ2v) is 6.32. The molecule has 0 N–H and O–H groups in total. The van der Waals surface area contributed by atoms with Crippen LogP contribution in [-0.4, -0.2) is 12.4 Å². The average Bonchev–Trinajstić information content (AvgIpc) is 2.52. The number of Topliss-reactive ketones (excluding diaryl/α,β-unsaturated/α-hetero) is 1. The predicted molar refractivity (Wildman–Crippen MR) is 96.1 cm³/mol. The second kappa shape index (κ2) is 18.3. The van der Waals surface area contributed by atoms with E-state index in [0.717, 1.165) is 12.8 Å². The van der Waals surface area contributed by atoms with Gasteiger partial charge < -0.3 is 4.74 Å². The van der Waals surface area contributed by atoms with E-state index in [9.17, 15) is 4.79 Å². The molecule has 130 valence electrons. The summed E-state index contributed by atoms with van der Waals surface area (Å²) in [6.07, 6.45) is 20.2. The van der Waals surface area contributed by atoms with Crippen molar-refractivity contribution in [1.82, 2.24) is 0 Å². The van der Waals surface area contributed by atoms with Gasteiger partial charge in [-0.1, -0.05) is 90.6 Å². The van der Waals surface area contributed by atoms with E-state index in [1.54, 1.807) is 0 Å². The van der Waals surface area contributed by atoms with Gasteiger partial charge in [0.2, 0.25) is 0 Å². The van der Waals surface area contributed by atoms with Crippen LogP contribution in [0.1, 0.15) is 103 Å². The van der Waals surface area contributed by atoms with Gasteiger partial charge in [-0.15, -0.1) is 0 Å². The molecular formula is C20H38O2. The van der Waals surface area contributed by atoms with Gasteiger partial charge in [0.25, 0.3) is 0 Å². The smallest absolute Gasteiger partial charge is 0.136 e. The Balaban J connectivity index is 3.08. The maximum Gasteiger partial charge on any atom is 0.136 e. The number of carbonyl (C=O) groups excluding carboxylic acids is 1. The molecule has 0 bridgehead atoms. The molecule has 0 aromatic carbocycles. The Morgan fingerprint density at radius 1 is 0.773 bits per heavy atom. The summed E-state index contributed by atoms with van der Waals surface area (Å²) in [5.41, 5.74) is 0. The minimum atomic E-state index is 0.324. The molecule has 0 aliphatic rings. The topological polar surface area (TPSA) is 26.3 Å². The minimum Gasteiger partial charge on any atom is -0.501 e. The van der Waals surface area contributed by atoms with Crippen molar-refractivity contribution in [2.24, 2.45) is 0 Å². The summed E-state index contributed by atoms with van der Waals surface area (Å²) in [5, 5.41) is 0. The van der Waals surface area contributed by atoms with Crippen LogP contribution < -0.4 is 0 Å². The van der Waals surface area contributed by atoms with Crippen LogP contribution in [0.4, 0.5) is 0 Å². The van der Waals surface area contributed by atoms with Crippen LogP contribution in [0.2, 0.25) is 0 Å². The van der Waals surface area contributed by atoms with Crippen molar-refractivity contribution < 1.29 is 9.53 Å². The summed E-state index contributed by atoms with van der Waals surface area (Å²) >= 11 is 0. The highest BCUT2D eigenvalue weighted by Gasteiger charge is 2.01. The molecule has 0 amide bonds. The first-order chi connectivity index (χ1) is 10.8. The van der Waals surface area contributed by atoms with Gasteiger partial charge in [0.1, 0.15) is 5.78 Å². The summed E-state index contributed by atoms with van der Waals surface area (Å²) in [7, 11) is 0. The van der Waals surface area contributed by atoms with E-state index < -0.39 is 0 Å². The van der Waals surface area contributed by atoms with Crippen LogP contribution >= 0.6 is 0 Å². The fourth-order valence-electron chi connectivity index (χ4n) is 2.72. The zero-order valence-electron chi connectivity index (χ0n) is 14.9. The number of ether oxygens (including phenoxy) is 1. The van der Waals surface area contributed by atoms with E-state index in [1.807, 2.05) is 0 Å². The van der Waals surface area contributed by atoms with Crippen molar-refractivity contribution in [3.8, 4) is 0 Å². The Labute approximate surface area is 138 Å². The zero-order chi connectivity index (χ0) is 16.3. The van der Waals surface area contributed by atoms with Crippen LogP contribution in [0.15, 0.2) is 12.8 Å². The number of rotatable bonds is 18. The highest BCUT2D eigenvalue weighted by Crippen LogP contribution is 2.13. The quantitative estimate of drug-likeness (QED) is 0.211. The molecule has 0 saturated carbocycles. The van der Waals surface area contributed by atoms with Gasteiger partial charge in [-0.05, 0) is 6.42 Å². The van der Waals surface area contributed by atoms with Crippen molar-refractivity contribution >= 4 is 5.78 Å². The van der Waals surface area contributed by atoms with Gasteiger partial charge in [0, 0.05) is 12.8 Å². The van der Waals surface area contributed by atoms with Gasteiger partial charge >= 0.3 is 0 Å². The maximum absolute atomic E-state index is 11.5. The fourth-order valence-corrected chi connectivity index (χ4v) is 2.72. The second-order valence-electron chi connectivity index (χ2n) is 6.32. The van der Waals surface area contributed by atoms with Crippen molar-refractivity contribution in [3.63, 3.8) is 0 Å². The first-order valence-electron chi connectivity index (χ1n) is 9.55. The Bertz CT molecular complexity index is 248. The molecule has 0 atom stereocenters. The Morgan fingerprint density at radius 2 is 1.23 bits per heavy atom. The monoisotopic (exact) mass is 310 g/mol. The Hall–Kier alpha value is -0.790. The lowest BCUT2D eigenvalue weighted by Crippen LogP contribution is -2.01. The van der Waals surface area contributed by atoms with Gasteiger partial charge in [0.05, 0.1) is 12.9 Å². The van der Waals surface area contributed by atoms with Gasteiger partial charge in [-0.25, -0.2) is 0 Å². The molecule has 0 heterocycles. The minimum absolute atomic E-state index is 0.324. The number of hydrogen-bond acceptors (Lipinski definition) is 2. The predicted octanol–water partition coefficient (Wildman–Crippen LogP) is 6.59. The molecule has 2 nitrogen and oxygen atoms in total. The lowest BCUT2D eigenvalue weighted by Gasteiger charge is -2.03. The fraction of sp³-hybridized carbons (Fsp3) is 0.850. The van der Waals surface area contributed by atoms with Gasteiger partial charge in [0.15, 0.2) is 0 Å². The van der Waals surface area contributed by atoms with Crippen LogP contribution in [0, 0.1) is 0 Å². The number of unbranched alkanes of at least 4 members (excludes halogenated alkanes) is 12. The largest absolute Gasteiger partial charge is 0.501 e. The number of hydrogen-bond donors (Lipinski definition) is 0. The third kappa shape index (κ3) is 17.3. The third-order valence-electron chi connectivity index (χ3n) is 4.18. The summed E-state index contributed by atoms with van der Waals surface area (Å²) in [6.45, 7) is 6.22. The van der Waals surface area contributed by atoms with E-state index in [4.69, 9.17) is 4.74 Å². The highest BCUT2D eigenvalue weighted by molar-refractivity contribution is 5.78. The molecule has 0 aliphatic carbocycles. The van der Waals surface area contributed by atoms with Crippen molar-refractivity contribution in [2.75, 3.05) is 6.61 Å². The summed E-state index contributed by atoms with van der Waals surface area (Å²) < 4.78 is 4.97. The summed E-state index contributed by atoms with van der Waals surface area (Å²) in [4.78, 5) is 11.5. The molecule has 2 heteroatoms. The van der Waals surface area contributed by atoms with E-state index in [-0.39, 0.29) is 0 Å². The molecule has 0 unspecified atom stereocenters. The van der Waals surface area contributed by atoms with Crippen molar-refractivity contribution in [3.05, 3.63) is 12.8 Å². The number of carbonyl (C=O) groups is 1. The molecule has 0 spiro atoms. The first kappa shape index (κ1) is 21.2. The molecule has 0 saturated heterocycles.